The molecule has 2 nitrogen and oxygen atoms in total. The fourth-order valence-electron chi connectivity index (χ4n) is 3.58. The molecule has 0 aliphatic rings. The fourth-order valence-corrected chi connectivity index (χ4v) is 3.58. The highest BCUT2D eigenvalue weighted by Crippen LogP contribution is 2.20. The predicted octanol–water partition coefficient (Wildman–Crippen LogP) is 7.10. The van der Waals surface area contributed by atoms with E-state index in [-0.39, 0.29) is 0 Å². The highest BCUT2D eigenvalue weighted by molar-refractivity contribution is 5.29. The standard InChI is InChI=1S/C26H39NO/c1-3-5-6-7-8-12-22-28-25-19-17-24(18-20-25)26(4-2)27-21-13-16-23-14-10-9-11-15-23/h9-11,14-15,17-20,26-27H,3-8,12-13,16,21-22H2,1-2H3. The third-order valence-corrected chi connectivity index (χ3v) is 5.33. The normalized spacial score (nSPS) is 12.1. The Bertz CT molecular complexity index is 608. The van der Waals surface area contributed by atoms with Crippen LogP contribution in [-0.4, -0.2) is 13.2 Å². The van der Waals surface area contributed by atoms with Gasteiger partial charge >= 0.3 is 0 Å². The van der Waals surface area contributed by atoms with Crippen LogP contribution in [-0.2, 0) is 6.42 Å². The molecule has 1 atom stereocenters. The Kier molecular flexibility index (Phi) is 11.4. The predicted molar refractivity (Wildman–Crippen MR) is 121 cm³/mol. The third kappa shape index (κ3) is 8.93. The van der Waals surface area contributed by atoms with Gasteiger partial charge in [-0.3, -0.25) is 0 Å². The minimum Gasteiger partial charge on any atom is -0.494 e. The van der Waals surface area contributed by atoms with Crippen LogP contribution in [0.25, 0.3) is 0 Å². The van der Waals surface area contributed by atoms with Crippen LogP contribution >= 0.6 is 0 Å². The van der Waals surface area contributed by atoms with Crippen molar-refractivity contribution in [3.8, 4) is 5.75 Å². The lowest BCUT2D eigenvalue weighted by atomic mass is 10.0. The van der Waals surface area contributed by atoms with E-state index < -0.39 is 0 Å². The highest BCUT2D eigenvalue weighted by atomic mass is 16.5. The molecule has 2 rings (SSSR count). The van der Waals surface area contributed by atoms with Gasteiger partial charge in [0.1, 0.15) is 5.75 Å². The molecule has 0 amide bonds. The minimum atomic E-state index is 0.420. The number of ether oxygens (including phenoxy) is 1. The van der Waals surface area contributed by atoms with Gasteiger partial charge in [0.2, 0.25) is 0 Å². The Hall–Kier alpha value is -1.80. The van der Waals surface area contributed by atoms with Gasteiger partial charge < -0.3 is 10.1 Å². The molecule has 0 saturated carbocycles. The van der Waals surface area contributed by atoms with Crippen LogP contribution in [0.3, 0.4) is 0 Å². The molecule has 0 bridgehead atoms. The zero-order chi connectivity index (χ0) is 19.9. The summed E-state index contributed by atoms with van der Waals surface area (Å²) < 4.78 is 5.91. The van der Waals surface area contributed by atoms with Gasteiger partial charge in [-0.25, -0.2) is 0 Å². The molecule has 0 radical (unpaired) electrons. The van der Waals surface area contributed by atoms with Crippen molar-refractivity contribution in [2.24, 2.45) is 0 Å². The fraction of sp³-hybridized carbons (Fsp3) is 0.538. The van der Waals surface area contributed by atoms with Crippen LogP contribution in [0.1, 0.15) is 82.4 Å². The lowest BCUT2D eigenvalue weighted by molar-refractivity contribution is 0.304. The second-order valence-corrected chi connectivity index (χ2v) is 7.69. The van der Waals surface area contributed by atoms with Crippen molar-refractivity contribution in [3.05, 3.63) is 65.7 Å². The molecule has 0 aliphatic carbocycles. The molecule has 2 heteroatoms. The smallest absolute Gasteiger partial charge is 0.119 e. The van der Waals surface area contributed by atoms with E-state index in [0.717, 1.165) is 38.2 Å². The Morgan fingerprint density at radius 3 is 2.21 bits per heavy atom. The maximum absolute atomic E-state index is 5.91. The van der Waals surface area contributed by atoms with Gasteiger partial charge in [-0.05, 0) is 55.5 Å². The Labute approximate surface area is 172 Å². The molecule has 2 aromatic rings. The van der Waals surface area contributed by atoms with Crippen LogP contribution in [0, 0.1) is 0 Å². The maximum Gasteiger partial charge on any atom is 0.119 e. The largest absolute Gasteiger partial charge is 0.494 e. The first kappa shape index (κ1) is 22.5. The quantitative estimate of drug-likeness (QED) is 0.332. The van der Waals surface area contributed by atoms with Crippen molar-refractivity contribution < 1.29 is 4.74 Å². The van der Waals surface area contributed by atoms with Gasteiger partial charge in [0, 0.05) is 6.04 Å². The first-order chi connectivity index (χ1) is 13.8. The van der Waals surface area contributed by atoms with Gasteiger partial charge in [-0.2, -0.15) is 0 Å². The van der Waals surface area contributed by atoms with Crippen LogP contribution in [0.4, 0.5) is 0 Å². The molecule has 0 spiro atoms. The van der Waals surface area contributed by atoms with Gasteiger partial charge in [-0.1, -0.05) is 88.4 Å². The summed E-state index contributed by atoms with van der Waals surface area (Å²) in [6.07, 6.45) is 11.2. The maximum atomic E-state index is 5.91. The van der Waals surface area contributed by atoms with Crippen molar-refractivity contribution >= 4 is 0 Å². The second kappa shape index (κ2) is 14.2. The second-order valence-electron chi connectivity index (χ2n) is 7.69. The van der Waals surface area contributed by atoms with E-state index in [1.807, 2.05) is 0 Å². The van der Waals surface area contributed by atoms with Gasteiger partial charge in [-0.15, -0.1) is 0 Å². The molecule has 0 aliphatic heterocycles. The molecule has 0 heterocycles. The van der Waals surface area contributed by atoms with Crippen LogP contribution in [0.5, 0.6) is 5.75 Å². The van der Waals surface area contributed by atoms with E-state index in [4.69, 9.17) is 4.74 Å². The number of hydrogen-bond donors (Lipinski definition) is 1. The third-order valence-electron chi connectivity index (χ3n) is 5.33. The van der Waals surface area contributed by atoms with Gasteiger partial charge in [0.05, 0.1) is 6.61 Å². The number of aryl methyl sites for hydroxylation is 1. The topological polar surface area (TPSA) is 21.3 Å². The van der Waals surface area contributed by atoms with Crippen molar-refractivity contribution in [3.63, 3.8) is 0 Å². The summed E-state index contributed by atoms with van der Waals surface area (Å²) in [7, 11) is 0. The lowest BCUT2D eigenvalue weighted by Crippen LogP contribution is -2.22. The van der Waals surface area contributed by atoms with Crippen molar-refractivity contribution in [2.45, 2.75) is 77.7 Å². The van der Waals surface area contributed by atoms with Crippen molar-refractivity contribution in [1.29, 1.82) is 0 Å². The van der Waals surface area contributed by atoms with E-state index in [1.165, 1.54) is 49.7 Å². The molecular formula is C26H39NO. The molecular weight excluding hydrogens is 342 g/mol. The molecule has 2 aromatic carbocycles. The molecule has 0 saturated heterocycles. The summed E-state index contributed by atoms with van der Waals surface area (Å²) in [5.41, 5.74) is 2.78. The van der Waals surface area contributed by atoms with Crippen molar-refractivity contribution in [2.75, 3.05) is 13.2 Å². The summed E-state index contributed by atoms with van der Waals surface area (Å²) in [5, 5.41) is 3.71. The van der Waals surface area contributed by atoms with E-state index in [1.54, 1.807) is 0 Å². The van der Waals surface area contributed by atoms with Crippen LogP contribution < -0.4 is 10.1 Å². The van der Waals surface area contributed by atoms with E-state index >= 15 is 0 Å². The lowest BCUT2D eigenvalue weighted by Gasteiger charge is -2.18. The monoisotopic (exact) mass is 381 g/mol. The number of hydrogen-bond acceptors (Lipinski definition) is 2. The average molecular weight is 382 g/mol. The summed E-state index contributed by atoms with van der Waals surface area (Å²) in [6.45, 7) is 6.39. The summed E-state index contributed by atoms with van der Waals surface area (Å²) >= 11 is 0. The van der Waals surface area contributed by atoms with Crippen molar-refractivity contribution in [1.82, 2.24) is 5.32 Å². The minimum absolute atomic E-state index is 0.420. The first-order valence-corrected chi connectivity index (χ1v) is 11.3. The summed E-state index contributed by atoms with van der Waals surface area (Å²) in [6, 6.07) is 19.8. The SMILES string of the molecule is CCCCCCCCOc1ccc(C(CC)NCCCc2ccccc2)cc1. The number of benzene rings is 2. The zero-order valence-corrected chi connectivity index (χ0v) is 18.0. The van der Waals surface area contributed by atoms with Crippen LogP contribution in [0.2, 0.25) is 0 Å². The summed E-state index contributed by atoms with van der Waals surface area (Å²) in [5.74, 6) is 0.997. The van der Waals surface area contributed by atoms with E-state index in [9.17, 15) is 0 Å². The molecule has 1 unspecified atom stereocenters. The summed E-state index contributed by atoms with van der Waals surface area (Å²) in [4.78, 5) is 0. The Morgan fingerprint density at radius 2 is 1.50 bits per heavy atom. The van der Waals surface area contributed by atoms with E-state index in [0.29, 0.717) is 6.04 Å². The van der Waals surface area contributed by atoms with Gasteiger partial charge in [0.15, 0.2) is 0 Å². The number of unbranched alkanes of at least 4 members (excludes halogenated alkanes) is 5. The number of rotatable bonds is 15. The molecule has 28 heavy (non-hydrogen) atoms. The van der Waals surface area contributed by atoms with E-state index in [2.05, 4.69) is 73.8 Å². The van der Waals surface area contributed by atoms with Crippen LogP contribution in [0.15, 0.2) is 54.6 Å². The first-order valence-electron chi connectivity index (χ1n) is 11.3. The average Bonchev–Trinajstić information content (AvgIpc) is 2.74. The van der Waals surface area contributed by atoms with Gasteiger partial charge in [0.25, 0.3) is 0 Å². The molecule has 0 fully saturated rings. The highest BCUT2D eigenvalue weighted by Gasteiger charge is 2.08. The number of nitrogens with one attached hydrogen (secondary N) is 1. The molecule has 0 aromatic heterocycles. The Balaban J connectivity index is 1.65. The molecule has 154 valence electrons. The zero-order valence-electron chi connectivity index (χ0n) is 18.0. The Morgan fingerprint density at radius 1 is 0.786 bits per heavy atom. The molecule has 1 N–H and O–H groups in total.